The molecule has 3 aromatic rings. The third-order valence-electron chi connectivity index (χ3n) is 5.44. The molecule has 158 valence electrons. The van der Waals surface area contributed by atoms with E-state index in [0.717, 1.165) is 41.6 Å². The average molecular weight is 456 g/mol. The van der Waals surface area contributed by atoms with Crippen LogP contribution in [0.25, 0.3) is 10.9 Å². The van der Waals surface area contributed by atoms with Crippen molar-refractivity contribution in [3.8, 4) is 0 Å². The number of benzene rings is 2. The van der Waals surface area contributed by atoms with Gasteiger partial charge in [0.05, 0.1) is 27.2 Å². The van der Waals surface area contributed by atoms with Crippen molar-refractivity contribution in [2.45, 2.75) is 38.3 Å². The fourth-order valence-electron chi connectivity index (χ4n) is 3.92. The van der Waals surface area contributed by atoms with Crippen LogP contribution in [-0.4, -0.2) is 9.66 Å². The zero-order chi connectivity index (χ0) is 21.5. The molecule has 1 heterocycles. The monoisotopic (exact) mass is 455 g/mol. The van der Waals surface area contributed by atoms with Crippen molar-refractivity contribution in [2.75, 3.05) is 5.43 Å². The van der Waals surface area contributed by atoms with E-state index in [0.29, 0.717) is 16.6 Å². The first kappa shape index (κ1) is 21.0. The van der Waals surface area contributed by atoms with Crippen LogP contribution < -0.4 is 11.0 Å². The second-order valence-corrected chi connectivity index (χ2v) is 8.38. The number of aromatic nitrogens is 2. The molecule has 4 rings (SSSR count). The van der Waals surface area contributed by atoms with Crippen molar-refractivity contribution in [3.05, 3.63) is 68.2 Å². The number of halogens is 5. The van der Waals surface area contributed by atoms with Gasteiger partial charge in [0.2, 0.25) is 0 Å². The van der Waals surface area contributed by atoms with Crippen LogP contribution in [0.4, 0.5) is 18.9 Å². The van der Waals surface area contributed by atoms with Gasteiger partial charge in [-0.2, -0.15) is 13.2 Å². The molecule has 1 saturated carbocycles. The largest absolute Gasteiger partial charge is 0.416 e. The molecule has 0 radical (unpaired) electrons. The number of hydrogen-bond acceptors (Lipinski definition) is 3. The Morgan fingerprint density at radius 2 is 1.87 bits per heavy atom. The summed E-state index contributed by atoms with van der Waals surface area (Å²) in [5.41, 5.74) is 2.90. The van der Waals surface area contributed by atoms with E-state index in [-0.39, 0.29) is 15.9 Å². The van der Waals surface area contributed by atoms with E-state index in [4.69, 9.17) is 23.2 Å². The normalized spacial score (nSPS) is 15.1. The van der Waals surface area contributed by atoms with Gasteiger partial charge in [-0.3, -0.25) is 10.2 Å². The molecule has 0 bridgehead atoms. The highest BCUT2D eigenvalue weighted by molar-refractivity contribution is 6.35. The van der Waals surface area contributed by atoms with Crippen molar-refractivity contribution >= 4 is 39.8 Å². The van der Waals surface area contributed by atoms with Crippen LogP contribution in [0, 0.1) is 5.92 Å². The second kappa shape index (κ2) is 8.12. The Morgan fingerprint density at radius 3 is 2.57 bits per heavy atom. The molecule has 0 atom stereocenters. The number of hydrogen-bond donors (Lipinski definition) is 1. The quantitative estimate of drug-likeness (QED) is 0.499. The summed E-state index contributed by atoms with van der Waals surface area (Å²) < 4.78 is 40.5. The lowest BCUT2D eigenvalue weighted by Gasteiger charge is -2.17. The van der Waals surface area contributed by atoms with E-state index in [2.05, 4.69) is 10.4 Å². The molecule has 0 aliphatic heterocycles. The first-order valence-corrected chi connectivity index (χ1v) is 10.3. The number of alkyl halides is 3. The highest BCUT2D eigenvalue weighted by Gasteiger charge is 2.32. The molecule has 0 amide bonds. The summed E-state index contributed by atoms with van der Waals surface area (Å²) in [6.07, 6.45) is 2.13. The Morgan fingerprint density at radius 1 is 1.13 bits per heavy atom. The van der Waals surface area contributed by atoms with Gasteiger partial charge < -0.3 is 0 Å². The highest BCUT2D eigenvalue weighted by Crippen LogP contribution is 2.34. The Hall–Kier alpha value is -2.25. The van der Waals surface area contributed by atoms with E-state index < -0.39 is 17.3 Å². The van der Waals surface area contributed by atoms with Crippen LogP contribution in [0.15, 0.2) is 41.5 Å². The van der Waals surface area contributed by atoms with Crippen LogP contribution in [0.1, 0.15) is 36.8 Å². The minimum absolute atomic E-state index is 0.0185. The molecule has 9 heteroatoms. The van der Waals surface area contributed by atoms with Gasteiger partial charge in [-0.05, 0) is 42.2 Å². The van der Waals surface area contributed by atoms with Crippen LogP contribution in [0.3, 0.4) is 0 Å². The van der Waals surface area contributed by atoms with Crippen molar-refractivity contribution in [1.29, 1.82) is 0 Å². The SMILES string of the molecule is O=c1c2cc(C(F)(F)F)cc(Cl)c2ncn1Nc1cc(Cl)ccc1CC1CCCC1. The van der Waals surface area contributed by atoms with E-state index >= 15 is 0 Å². The Bertz CT molecular complexity index is 1150. The van der Waals surface area contributed by atoms with E-state index in [1.165, 1.54) is 19.2 Å². The van der Waals surface area contributed by atoms with Gasteiger partial charge in [0.25, 0.3) is 5.56 Å². The van der Waals surface area contributed by atoms with Gasteiger partial charge in [0.15, 0.2) is 0 Å². The first-order valence-electron chi connectivity index (χ1n) is 9.56. The van der Waals surface area contributed by atoms with Crippen molar-refractivity contribution < 1.29 is 13.2 Å². The fourth-order valence-corrected chi connectivity index (χ4v) is 4.36. The Labute approximate surface area is 180 Å². The Kier molecular flexibility index (Phi) is 5.68. The summed E-state index contributed by atoms with van der Waals surface area (Å²) in [4.78, 5) is 17.0. The number of nitrogens with zero attached hydrogens (tertiary/aromatic N) is 2. The molecule has 1 fully saturated rings. The van der Waals surface area contributed by atoms with Crippen molar-refractivity contribution in [3.63, 3.8) is 0 Å². The minimum Gasteiger partial charge on any atom is -0.290 e. The molecule has 1 aromatic heterocycles. The summed E-state index contributed by atoms with van der Waals surface area (Å²) in [5.74, 6) is 0.561. The molecule has 2 aromatic carbocycles. The van der Waals surface area contributed by atoms with Gasteiger partial charge in [0, 0.05) is 5.02 Å². The molecule has 0 unspecified atom stereocenters. The third kappa shape index (κ3) is 4.27. The molecule has 0 saturated heterocycles. The summed E-state index contributed by atoms with van der Waals surface area (Å²) in [5, 5.41) is 0.0369. The second-order valence-electron chi connectivity index (χ2n) is 7.54. The number of nitrogens with one attached hydrogen (secondary N) is 1. The molecular weight excluding hydrogens is 438 g/mol. The molecule has 30 heavy (non-hydrogen) atoms. The van der Waals surface area contributed by atoms with Crippen LogP contribution in [0.5, 0.6) is 0 Å². The third-order valence-corrected chi connectivity index (χ3v) is 5.96. The van der Waals surface area contributed by atoms with Crippen molar-refractivity contribution in [2.24, 2.45) is 5.92 Å². The lowest BCUT2D eigenvalue weighted by molar-refractivity contribution is -0.137. The van der Waals surface area contributed by atoms with E-state index in [9.17, 15) is 18.0 Å². The predicted molar refractivity (Wildman–Crippen MR) is 112 cm³/mol. The maximum absolute atomic E-state index is 13.1. The van der Waals surface area contributed by atoms with Gasteiger partial charge in [-0.1, -0.05) is 55.0 Å². The predicted octanol–water partition coefficient (Wildman–Crippen LogP) is 6.33. The van der Waals surface area contributed by atoms with Gasteiger partial charge >= 0.3 is 6.18 Å². The fraction of sp³-hybridized carbons (Fsp3) is 0.333. The van der Waals surface area contributed by atoms with Crippen LogP contribution in [0.2, 0.25) is 10.0 Å². The standard InChI is InChI=1S/C21H18Cl2F3N3O/c22-15-6-5-13(7-12-3-1-2-4-12)18(10-15)28-29-11-27-19-16(20(29)30)8-14(9-17(19)23)21(24,25)26/h5-6,8-12,28H,1-4,7H2. The minimum atomic E-state index is -4.63. The smallest absolute Gasteiger partial charge is 0.290 e. The maximum atomic E-state index is 13.1. The lowest BCUT2D eigenvalue weighted by atomic mass is 9.97. The Balaban J connectivity index is 1.75. The van der Waals surface area contributed by atoms with Gasteiger partial charge in [-0.15, -0.1) is 0 Å². The molecule has 4 nitrogen and oxygen atoms in total. The van der Waals surface area contributed by atoms with E-state index in [1.807, 2.05) is 6.07 Å². The zero-order valence-corrected chi connectivity index (χ0v) is 17.3. The maximum Gasteiger partial charge on any atom is 0.416 e. The lowest BCUT2D eigenvalue weighted by Crippen LogP contribution is -2.27. The highest BCUT2D eigenvalue weighted by atomic mass is 35.5. The number of rotatable bonds is 4. The van der Waals surface area contributed by atoms with Crippen LogP contribution >= 0.6 is 23.2 Å². The van der Waals surface area contributed by atoms with Gasteiger partial charge in [-0.25, -0.2) is 9.66 Å². The number of fused-ring (bicyclic) bond motifs is 1. The first-order chi connectivity index (χ1) is 14.2. The number of anilines is 1. The van der Waals surface area contributed by atoms with E-state index in [1.54, 1.807) is 12.1 Å². The molecule has 1 aliphatic carbocycles. The molecule has 0 spiro atoms. The average Bonchev–Trinajstić information content (AvgIpc) is 3.19. The topological polar surface area (TPSA) is 46.9 Å². The summed E-state index contributed by atoms with van der Waals surface area (Å²) in [6.45, 7) is 0. The summed E-state index contributed by atoms with van der Waals surface area (Å²) >= 11 is 12.1. The van der Waals surface area contributed by atoms with Crippen LogP contribution in [-0.2, 0) is 12.6 Å². The molecular formula is C21H18Cl2F3N3O. The van der Waals surface area contributed by atoms with Crippen molar-refractivity contribution in [1.82, 2.24) is 9.66 Å². The van der Waals surface area contributed by atoms with Gasteiger partial charge in [0.1, 0.15) is 6.33 Å². The summed E-state index contributed by atoms with van der Waals surface area (Å²) in [6, 6.07) is 6.92. The summed E-state index contributed by atoms with van der Waals surface area (Å²) in [7, 11) is 0. The molecule has 1 N–H and O–H groups in total. The molecule has 1 aliphatic rings. The zero-order valence-electron chi connectivity index (χ0n) is 15.8.